The Morgan fingerprint density at radius 2 is 1.79 bits per heavy atom. The average molecular weight is 217 g/mol. The largest absolute Gasteiger partial charge is 0.397 e. The molecular weight excluding hydrogens is 194 g/mol. The predicted octanol–water partition coefficient (Wildman–Crippen LogP) is 1.58. The van der Waals surface area contributed by atoms with E-state index in [4.69, 9.17) is 14.6 Å². The van der Waals surface area contributed by atoms with Crippen molar-refractivity contribution < 1.29 is 8.85 Å². The second-order valence-electron chi connectivity index (χ2n) is 2.98. The van der Waals surface area contributed by atoms with Crippen LogP contribution in [-0.2, 0) is 8.85 Å². The number of nitrogens with two attached hydrogens (primary N) is 1. The van der Waals surface area contributed by atoms with Gasteiger partial charge in [-0.3, -0.25) is 0 Å². The molecule has 0 rings (SSSR count). The van der Waals surface area contributed by atoms with Crippen molar-refractivity contribution in [3.05, 3.63) is 12.2 Å². The molecule has 2 N–H and O–H groups in total. The Bertz CT molecular complexity index is 136. The van der Waals surface area contributed by atoms with Crippen molar-refractivity contribution in [1.82, 2.24) is 0 Å². The lowest BCUT2D eigenvalue weighted by Crippen LogP contribution is -2.21. The van der Waals surface area contributed by atoms with Crippen LogP contribution in [0.1, 0.15) is 26.7 Å². The summed E-state index contributed by atoms with van der Waals surface area (Å²) in [6, 6.07) is 0.965. The molecule has 0 aliphatic carbocycles. The minimum atomic E-state index is -1.40. The lowest BCUT2D eigenvalue weighted by Gasteiger charge is -2.12. The second kappa shape index (κ2) is 10.9. The van der Waals surface area contributed by atoms with Crippen LogP contribution in [0.25, 0.3) is 0 Å². The maximum atomic E-state index is 5.53. The zero-order valence-electron chi connectivity index (χ0n) is 9.37. The van der Waals surface area contributed by atoms with Crippen molar-refractivity contribution in [2.75, 3.05) is 19.8 Å². The zero-order chi connectivity index (χ0) is 10.6. The van der Waals surface area contributed by atoms with Gasteiger partial charge in [0.2, 0.25) is 0 Å². The molecule has 4 heteroatoms. The minimum absolute atomic E-state index is 0.757. The highest BCUT2D eigenvalue weighted by atomic mass is 28.3. The number of allylic oxidation sites excluding steroid dienone is 2. The Hall–Kier alpha value is -0.163. The van der Waals surface area contributed by atoms with Gasteiger partial charge in [-0.2, -0.15) is 0 Å². The molecular formula is C10H23NO2Si. The lowest BCUT2D eigenvalue weighted by molar-refractivity contribution is 0.216. The van der Waals surface area contributed by atoms with E-state index < -0.39 is 9.28 Å². The summed E-state index contributed by atoms with van der Waals surface area (Å²) in [5.74, 6) is 0. The standard InChI is InChI=1S/C10H23NO2Si/c1-3-12-14(13-4-2)10-8-6-5-7-9-11/h6,8,14H,3-5,7,9-11H2,1-2H3. The van der Waals surface area contributed by atoms with Crippen LogP contribution in [0.2, 0.25) is 6.04 Å². The van der Waals surface area contributed by atoms with Gasteiger partial charge in [0, 0.05) is 19.3 Å². The molecule has 3 nitrogen and oxygen atoms in total. The molecule has 0 aromatic carbocycles. The third-order valence-corrected chi connectivity index (χ3v) is 3.84. The van der Waals surface area contributed by atoms with Gasteiger partial charge in [0.1, 0.15) is 0 Å². The van der Waals surface area contributed by atoms with Gasteiger partial charge >= 0.3 is 9.28 Å². The molecule has 0 aliphatic rings. The number of unbranched alkanes of at least 4 members (excludes halogenated alkanes) is 1. The smallest absolute Gasteiger partial charge is 0.325 e. The third kappa shape index (κ3) is 8.44. The minimum Gasteiger partial charge on any atom is -0.397 e. The van der Waals surface area contributed by atoms with Gasteiger partial charge in [-0.1, -0.05) is 12.2 Å². The Morgan fingerprint density at radius 3 is 2.29 bits per heavy atom. The Kier molecular flexibility index (Phi) is 10.8. The van der Waals surface area contributed by atoms with E-state index in [0.29, 0.717) is 0 Å². The summed E-state index contributed by atoms with van der Waals surface area (Å²) in [7, 11) is -1.40. The van der Waals surface area contributed by atoms with E-state index in [1.165, 1.54) is 0 Å². The summed E-state index contributed by atoms with van der Waals surface area (Å²) < 4.78 is 11.1. The SMILES string of the molecule is CCO[SiH](CC=CCCCN)OCC. The molecule has 84 valence electrons. The molecule has 0 bridgehead atoms. The van der Waals surface area contributed by atoms with Crippen LogP contribution in [0, 0.1) is 0 Å². The van der Waals surface area contributed by atoms with Crippen molar-refractivity contribution in [2.24, 2.45) is 5.73 Å². The van der Waals surface area contributed by atoms with Crippen LogP contribution in [0.15, 0.2) is 12.2 Å². The van der Waals surface area contributed by atoms with E-state index in [1.807, 2.05) is 13.8 Å². The molecule has 0 fully saturated rings. The molecule has 0 atom stereocenters. The van der Waals surface area contributed by atoms with Gasteiger partial charge in [0.15, 0.2) is 0 Å². The topological polar surface area (TPSA) is 44.5 Å². The quantitative estimate of drug-likeness (QED) is 0.362. The van der Waals surface area contributed by atoms with Gasteiger partial charge in [0.25, 0.3) is 0 Å². The fraction of sp³-hybridized carbons (Fsp3) is 0.800. The van der Waals surface area contributed by atoms with E-state index in [9.17, 15) is 0 Å². The van der Waals surface area contributed by atoms with E-state index in [2.05, 4.69) is 12.2 Å². The fourth-order valence-corrected chi connectivity index (χ4v) is 2.64. The second-order valence-corrected chi connectivity index (χ2v) is 4.98. The molecule has 0 heterocycles. The van der Waals surface area contributed by atoms with Gasteiger partial charge < -0.3 is 14.6 Å². The molecule has 14 heavy (non-hydrogen) atoms. The zero-order valence-corrected chi connectivity index (χ0v) is 10.5. The van der Waals surface area contributed by atoms with Crippen LogP contribution in [0.3, 0.4) is 0 Å². The van der Waals surface area contributed by atoms with Crippen LogP contribution in [-0.4, -0.2) is 29.0 Å². The van der Waals surface area contributed by atoms with E-state index in [1.54, 1.807) is 0 Å². The molecule has 0 saturated heterocycles. The van der Waals surface area contributed by atoms with Gasteiger partial charge in [0.05, 0.1) is 0 Å². The van der Waals surface area contributed by atoms with Crippen molar-refractivity contribution >= 4 is 9.28 Å². The highest BCUT2D eigenvalue weighted by Crippen LogP contribution is 2.00. The van der Waals surface area contributed by atoms with Gasteiger partial charge in [-0.05, 0) is 33.2 Å². The first-order chi connectivity index (χ1) is 6.85. The number of rotatable bonds is 9. The first kappa shape index (κ1) is 13.8. The fourth-order valence-electron chi connectivity index (χ4n) is 1.12. The van der Waals surface area contributed by atoms with Crippen LogP contribution in [0.4, 0.5) is 0 Å². The Balaban J connectivity index is 3.52. The summed E-state index contributed by atoms with van der Waals surface area (Å²) in [5.41, 5.74) is 5.39. The van der Waals surface area contributed by atoms with Crippen LogP contribution < -0.4 is 5.73 Å². The van der Waals surface area contributed by atoms with Crippen molar-refractivity contribution in [1.29, 1.82) is 0 Å². The molecule has 0 spiro atoms. The predicted molar refractivity (Wildman–Crippen MR) is 62.6 cm³/mol. The molecule has 0 saturated carbocycles. The summed E-state index contributed by atoms with van der Waals surface area (Å²) >= 11 is 0. The Morgan fingerprint density at radius 1 is 1.14 bits per heavy atom. The van der Waals surface area contributed by atoms with Crippen molar-refractivity contribution in [2.45, 2.75) is 32.7 Å². The summed E-state index contributed by atoms with van der Waals surface area (Å²) in [4.78, 5) is 0. The number of hydrogen-bond acceptors (Lipinski definition) is 3. The summed E-state index contributed by atoms with van der Waals surface area (Å²) in [5, 5.41) is 0. The Labute approximate surface area is 89.1 Å². The highest BCUT2D eigenvalue weighted by Gasteiger charge is 2.08. The van der Waals surface area contributed by atoms with Gasteiger partial charge in [-0.25, -0.2) is 0 Å². The molecule has 0 unspecified atom stereocenters. The maximum absolute atomic E-state index is 5.53. The summed E-state index contributed by atoms with van der Waals surface area (Å²) in [6.45, 7) is 6.30. The monoisotopic (exact) mass is 217 g/mol. The molecule has 0 aliphatic heterocycles. The van der Waals surface area contributed by atoms with Crippen LogP contribution in [0.5, 0.6) is 0 Å². The first-order valence-electron chi connectivity index (χ1n) is 5.43. The number of hydrogen-bond donors (Lipinski definition) is 1. The van der Waals surface area contributed by atoms with Crippen LogP contribution >= 0.6 is 0 Å². The van der Waals surface area contributed by atoms with E-state index >= 15 is 0 Å². The normalized spacial score (nSPS) is 11.7. The lowest BCUT2D eigenvalue weighted by atomic mass is 10.3. The van der Waals surface area contributed by atoms with E-state index in [-0.39, 0.29) is 0 Å². The van der Waals surface area contributed by atoms with E-state index in [0.717, 1.165) is 38.6 Å². The molecule has 0 aromatic rings. The summed E-state index contributed by atoms with van der Waals surface area (Å²) in [6.07, 6.45) is 6.46. The van der Waals surface area contributed by atoms with Crippen molar-refractivity contribution in [3.8, 4) is 0 Å². The third-order valence-electron chi connectivity index (χ3n) is 1.78. The van der Waals surface area contributed by atoms with Crippen molar-refractivity contribution in [3.63, 3.8) is 0 Å². The van der Waals surface area contributed by atoms with Gasteiger partial charge in [-0.15, -0.1) is 0 Å². The highest BCUT2D eigenvalue weighted by molar-refractivity contribution is 6.44. The first-order valence-corrected chi connectivity index (χ1v) is 7.19. The maximum Gasteiger partial charge on any atom is 0.325 e. The molecule has 0 radical (unpaired) electrons. The molecule has 0 aromatic heterocycles. The average Bonchev–Trinajstić information content (AvgIpc) is 2.18. The molecule has 0 amide bonds.